The van der Waals surface area contributed by atoms with E-state index < -0.39 is 28.0 Å². The lowest BCUT2D eigenvalue weighted by Gasteiger charge is -2.21. The zero-order chi connectivity index (χ0) is 34.0. The summed E-state index contributed by atoms with van der Waals surface area (Å²) in [4.78, 5) is 12.4. The summed E-state index contributed by atoms with van der Waals surface area (Å²) in [5.74, 6) is -1.01. The maximum atomic E-state index is 12.4. The van der Waals surface area contributed by atoms with Crippen LogP contribution in [0.5, 0.6) is 0 Å². The summed E-state index contributed by atoms with van der Waals surface area (Å²) in [6.07, 6.45) is 42.8. The first kappa shape index (κ1) is 44.6. The zero-order valence-corrected chi connectivity index (χ0v) is 30.8. The lowest BCUT2D eigenvalue weighted by Crippen LogP contribution is -2.46. The summed E-state index contributed by atoms with van der Waals surface area (Å²) in [6, 6.07) is -1.07. The number of hydrogen-bond acceptors (Lipinski definition) is 4. The summed E-state index contributed by atoms with van der Waals surface area (Å²) in [7, 11) is -4.35. The van der Waals surface area contributed by atoms with Crippen molar-refractivity contribution in [2.24, 2.45) is 0 Å². The van der Waals surface area contributed by atoms with Crippen molar-refractivity contribution in [3.8, 4) is 0 Å². The summed E-state index contributed by atoms with van der Waals surface area (Å²) in [5.41, 5.74) is 0. The van der Waals surface area contributed by atoms with E-state index in [4.69, 9.17) is 0 Å². The second-order valence-corrected chi connectivity index (χ2v) is 14.7. The molecule has 0 aliphatic rings. The minimum atomic E-state index is -4.35. The molecule has 0 aromatic heterocycles. The van der Waals surface area contributed by atoms with Crippen LogP contribution in [-0.2, 0) is 14.9 Å². The van der Waals surface area contributed by atoms with Crippen LogP contribution in [-0.4, -0.2) is 41.9 Å². The number of carbonyl (C=O) groups is 1. The van der Waals surface area contributed by atoms with Crippen LogP contribution < -0.4 is 5.32 Å². The molecule has 2 unspecified atom stereocenters. The molecule has 0 saturated carbocycles. The Kier molecular flexibility index (Phi) is 32.4. The second kappa shape index (κ2) is 33.5. The molecule has 0 aliphatic carbocycles. The van der Waals surface area contributed by atoms with Crippen molar-refractivity contribution in [3.05, 3.63) is 36.5 Å². The molecule has 2 atom stereocenters. The molecule has 0 saturated heterocycles. The number of nitrogens with one attached hydrogen (secondary N) is 1. The molecule has 0 radical (unpaired) electrons. The van der Waals surface area contributed by atoms with Crippen molar-refractivity contribution in [2.75, 3.05) is 5.75 Å². The minimum absolute atomic E-state index is 0.277. The molecule has 270 valence electrons. The van der Waals surface area contributed by atoms with Crippen molar-refractivity contribution in [3.63, 3.8) is 0 Å². The van der Waals surface area contributed by atoms with Gasteiger partial charge < -0.3 is 10.4 Å². The lowest BCUT2D eigenvalue weighted by atomic mass is 10.0. The molecule has 0 aromatic carbocycles. The van der Waals surface area contributed by atoms with E-state index in [9.17, 15) is 22.9 Å². The van der Waals surface area contributed by atoms with Crippen molar-refractivity contribution < 1.29 is 22.9 Å². The monoisotopic (exact) mass is 668 g/mol. The van der Waals surface area contributed by atoms with Gasteiger partial charge in [-0.25, -0.2) is 0 Å². The van der Waals surface area contributed by atoms with Gasteiger partial charge in [-0.3, -0.25) is 9.35 Å². The van der Waals surface area contributed by atoms with Gasteiger partial charge in [0.15, 0.2) is 0 Å². The maximum absolute atomic E-state index is 12.4. The molecule has 3 N–H and O–H groups in total. The van der Waals surface area contributed by atoms with Gasteiger partial charge in [0.05, 0.1) is 17.9 Å². The van der Waals surface area contributed by atoms with E-state index in [0.29, 0.717) is 12.8 Å². The highest BCUT2D eigenvalue weighted by Gasteiger charge is 2.24. The zero-order valence-electron chi connectivity index (χ0n) is 29.9. The van der Waals surface area contributed by atoms with Gasteiger partial charge >= 0.3 is 0 Å². The van der Waals surface area contributed by atoms with Crippen molar-refractivity contribution in [1.82, 2.24) is 5.32 Å². The normalized spacial score (nSPS) is 13.7. The molecule has 1 amide bonds. The molecule has 0 fully saturated rings. The summed E-state index contributed by atoms with van der Waals surface area (Å²) >= 11 is 0. The van der Waals surface area contributed by atoms with Crippen LogP contribution in [0.3, 0.4) is 0 Å². The quantitative estimate of drug-likeness (QED) is 0.0360. The Bertz CT molecular complexity index is 868. The third-order valence-electron chi connectivity index (χ3n) is 8.54. The highest BCUT2D eigenvalue weighted by Crippen LogP contribution is 2.14. The van der Waals surface area contributed by atoms with Crippen LogP contribution in [0.25, 0.3) is 0 Å². The molecule has 0 aromatic rings. The van der Waals surface area contributed by atoms with Crippen LogP contribution >= 0.6 is 0 Å². The summed E-state index contributed by atoms with van der Waals surface area (Å²) in [6.45, 7) is 4.47. The summed E-state index contributed by atoms with van der Waals surface area (Å²) in [5, 5.41) is 13.2. The second-order valence-electron chi connectivity index (χ2n) is 13.2. The molecular weight excluding hydrogens is 594 g/mol. The fourth-order valence-corrected chi connectivity index (χ4v) is 6.36. The fraction of sp³-hybridized carbons (Fsp3) is 0.821. The lowest BCUT2D eigenvalue weighted by molar-refractivity contribution is -0.122. The average molecular weight is 668 g/mol. The summed E-state index contributed by atoms with van der Waals surface area (Å²) < 4.78 is 32.3. The van der Waals surface area contributed by atoms with Crippen LogP contribution in [0.4, 0.5) is 0 Å². The smallest absolute Gasteiger partial charge is 0.267 e. The van der Waals surface area contributed by atoms with Crippen molar-refractivity contribution >= 4 is 16.0 Å². The number of amides is 1. The van der Waals surface area contributed by atoms with Crippen LogP contribution in [0.1, 0.15) is 187 Å². The predicted molar refractivity (Wildman–Crippen MR) is 198 cm³/mol. The first-order chi connectivity index (χ1) is 22.3. The average Bonchev–Trinajstić information content (AvgIpc) is 3.01. The predicted octanol–water partition coefficient (Wildman–Crippen LogP) is 11.0. The fourth-order valence-electron chi connectivity index (χ4n) is 5.62. The minimum Gasteiger partial charge on any atom is -0.387 e. The van der Waals surface area contributed by atoms with Gasteiger partial charge in [0.2, 0.25) is 5.91 Å². The van der Waals surface area contributed by atoms with Gasteiger partial charge in [0.1, 0.15) is 0 Å². The Hall–Kier alpha value is -1.44. The molecule has 0 spiro atoms. The first-order valence-electron chi connectivity index (χ1n) is 19.2. The Morgan fingerprint density at radius 1 is 0.565 bits per heavy atom. The Morgan fingerprint density at radius 3 is 1.43 bits per heavy atom. The number of hydrogen-bond donors (Lipinski definition) is 3. The number of rotatable bonds is 34. The van der Waals surface area contributed by atoms with Crippen molar-refractivity contribution in [1.29, 1.82) is 0 Å². The molecule has 46 heavy (non-hydrogen) atoms. The molecule has 6 nitrogen and oxygen atoms in total. The first-order valence-corrected chi connectivity index (χ1v) is 20.8. The standard InChI is InChI=1S/C39H73NO5S/c1-3-5-7-9-11-13-15-16-17-18-19-20-21-22-23-25-26-28-30-32-34-38(41)37(36-46(43,44)45)40-39(42)35-33-31-29-27-24-14-12-10-8-6-4-2/h10,12,25-26,32,34,37-38,41H,3-9,11,13-24,27-31,33,35-36H2,1-2H3,(H,40,42)(H,43,44,45)/b12-10-,26-25+,34-32+. The number of aliphatic hydroxyl groups is 1. The molecule has 0 rings (SSSR count). The van der Waals surface area contributed by atoms with Crippen molar-refractivity contribution in [2.45, 2.75) is 199 Å². The Balaban J connectivity index is 3.98. The van der Waals surface area contributed by atoms with Crippen LogP contribution in [0.15, 0.2) is 36.5 Å². The number of aliphatic hydroxyl groups excluding tert-OH is 1. The number of allylic oxidation sites excluding steroid dienone is 5. The third kappa shape index (κ3) is 33.9. The van der Waals surface area contributed by atoms with E-state index in [1.165, 1.54) is 109 Å². The highest BCUT2D eigenvalue weighted by atomic mass is 32.2. The molecule has 0 bridgehead atoms. The van der Waals surface area contributed by atoms with E-state index in [1.807, 2.05) is 6.08 Å². The molecular formula is C39H73NO5S. The van der Waals surface area contributed by atoms with Gasteiger partial charge in [0, 0.05) is 6.42 Å². The number of carbonyl (C=O) groups excluding carboxylic acids is 1. The van der Waals surface area contributed by atoms with E-state index in [1.54, 1.807) is 0 Å². The van der Waals surface area contributed by atoms with Gasteiger partial charge in [-0.15, -0.1) is 0 Å². The van der Waals surface area contributed by atoms with E-state index >= 15 is 0 Å². The largest absolute Gasteiger partial charge is 0.387 e. The number of unbranched alkanes of at least 4 members (excludes halogenated alkanes) is 22. The van der Waals surface area contributed by atoms with Gasteiger partial charge in [-0.1, -0.05) is 166 Å². The Labute approximate surface area is 285 Å². The molecule has 0 heterocycles. The molecule has 7 heteroatoms. The van der Waals surface area contributed by atoms with Gasteiger partial charge in [-0.2, -0.15) is 8.42 Å². The van der Waals surface area contributed by atoms with Gasteiger partial charge in [-0.05, 0) is 51.4 Å². The SMILES string of the molecule is CCCC/C=C\CCCCCCCC(=O)NC(CS(=O)(=O)O)C(O)/C=C/CC/C=C/CCCCCCCCCCCCCCCC. The van der Waals surface area contributed by atoms with Crippen LogP contribution in [0.2, 0.25) is 0 Å². The Morgan fingerprint density at radius 2 is 0.957 bits per heavy atom. The van der Waals surface area contributed by atoms with E-state index in [-0.39, 0.29) is 12.3 Å². The van der Waals surface area contributed by atoms with E-state index in [0.717, 1.165) is 51.4 Å². The third-order valence-corrected chi connectivity index (χ3v) is 9.32. The van der Waals surface area contributed by atoms with E-state index in [2.05, 4.69) is 43.5 Å². The molecule has 0 aliphatic heterocycles. The van der Waals surface area contributed by atoms with Gasteiger partial charge in [0.25, 0.3) is 10.1 Å². The topological polar surface area (TPSA) is 104 Å². The maximum Gasteiger partial charge on any atom is 0.267 e. The highest BCUT2D eigenvalue weighted by molar-refractivity contribution is 7.85. The van der Waals surface area contributed by atoms with Crippen LogP contribution in [0, 0.1) is 0 Å².